The Morgan fingerprint density at radius 1 is 1.24 bits per heavy atom. The molecule has 1 unspecified atom stereocenters. The predicted molar refractivity (Wildman–Crippen MR) is 84.7 cm³/mol. The van der Waals surface area contributed by atoms with Crippen LogP contribution in [0.1, 0.15) is 51.9 Å². The summed E-state index contributed by atoms with van der Waals surface area (Å²) < 4.78 is 0.146. The molecule has 2 aliphatic rings. The van der Waals surface area contributed by atoms with Crippen LogP contribution in [0.5, 0.6) is 0 Å². The number of nitrogens with one attached hydrogen (secondary N) is 1. The van der Waals surface area contributed by atoms with E-state index in [9.17, 15) is 14.7 Å². The third kappa shape index (κ3) is 3.00. The van der Waals surface area contributed by atoms with E-state index >= 15 is 0 Å². The highest BCUT2D eigenvalue weighted by atomic mass is 32.2. The summed E-state index contributed by atoms with van der Waals surface area (Å²) in [7, 11) is 0. The molecule has 21 heavy (non-hydrogen) atoms. The highest BCUT2D eigenvalue weighted by Gasteiger charge is 2.48. The van der Waals surface area contributed by atoms with Gasteiger partial charge in [-0.3, -0.25) is 0 Å². The lowest BCUT2D eigenvalue weighted by atomic mass is 9.93. The second-order valence-corrected chi connectivity index (χ2v) is 7.47. The van der Waals surface area contributed by atoms with Gasteiger partial charge in [0, 0.05) is 17.8 Å². The Hall–Kier alpha value is -0.910. The quantitative estimate of drug-likeness (QED) is 0.818. The number of urea groups is 1. The Morgan fingerprint density at radius 3 is 2.43 bits per heavy atom. The maximum atomic E-state index is 12.5. The summed E-state index contributed by atoms with van der Waals surface area (Å²) in [5.41, 5.74) is -1.01. The van der Waals surface area contributed by atoms with Gasteiger partial charge in [0.25, 0.3) is 0 Å². The van der Waals surface area contributed by atoms with Gasteiger partial charge < -0.3 is 15.3 Å². The zero-order chi connectivity index (χ0) is 15.5. The Labute approximate surface area is 130 Å². The number of likely N-dealkylation sites (tertiary alicyclic amines) is 1. The number of hydrogen-bond donors (Lipinski definition) is 2. The van der Waals surface area contributed by atoms with Gasteiger partial charge in [0.1, 0.15) is 5.54 Å². The van der Waals surface area contributed by atoms with Crippen LogP contribution in [0.15, 0.2) is 0 Å². The van der Waals surface area contributed by atoms with Gasteiger partial charge in [-0.1, -0.05) is 19.8 Å². The van der Waals surface area contributed by atoms with Gasteiger partial charge >= 0.3 is 12.0 Å². The zero-order valence-electron chi connectivity index (χ0n) is 13.0. The fourth-order valence-electron chi connectivity index (χ4n) is 3.72. The largest absolute Gasteiger partial charge is 0.479 e. The molecule has 1 aliphatic carbocycles. The molecule has 2 fully saturated rings. The molecule has 1 saturated heterocycles. The average Bonchev–Trinajstić information content (AvgIpc) is 3.12. The van der Waals surface area contributed by atoms with Crippen LogP contribution in [0.3, 0.4) is 0 Å². The summed E-state index contributed by atoms with van der Waals surface area (Å²) in [4.78, 5) is 25.6. The number of carbonyl (C=O) groups is 2. The molecule has 2 amide bonds. The summed E-state index contributed by atoms with van der Waals surface area (Å²) in [6.07, 6.45) is 8.58. The molecular formula is C15H26N2O3S. The number of rotatable bonds is 5. The molecule has 6 heteroatoms. The zero-order valence-corrected chi connectivity index (χ0v) is 13.8. The smallest absolute Gasteiger partial charge is 0.329 e. The highest BCUT2D eigenvalue weighted by Crippen LogP contribution is 2.40. The average molecular weight is 314 g/mol. The first-order chi connectivity index (χ1) is 9.99. The van der Waals surface area contributed by atoms with Crippen molar-refractivity contribution in [1.82, 2.24) is 10.2 Å². The number of thioether (sulfide) groups is 1. The molecule has 0 aromatic carbocycles. The van der Waals surface area contributed by atoms with E-state index in [0.717, 1.165) is 19.3 Å². The van der Waals surface area contributed by atoms with Crippen molar-refractivity contribution in [2.24, 2.45) is 0 Å². The molecule has 1 saturated carbocycles. The number of hydrogen-bond acceptors (Lipinski definition) is 3. The molecule has 0 bridgehead atoms. The number of carboxylic acids is 1. The Kier molecular flexibility index (Phi) is 5.07. The lowest BCUT2D eigenvalue weighted by Crippen LogP contribution is -2.56. The fourth-order valence-corrected chi connectivity index (χ4v) is 4.63. The van der Waals surface area contributed by atoms with Crippen LogP contribution >= 0.6 is 11.8 Å². The lowest BCUT2D eigenvalue weighted by Gasteiger charge is -2.35. The summed E-state index contributed by atoms with van der Waals surface area (Å²) in [5.74, 6) is -0.877. The van der Waals surface area contributed by atoms with Crippen molar-refractivity contribution in [3.63, 3.8) is 0 Å². The molecule has 1 atom stereocenters. The Balaban J connectivity index is 2.01. The monoisotopic (exact) mass is 314 g/mol. The van der Waals surface area contributed by atoms with Crippen molar-refractivity contribution in [1.29, 1.82) is 0 Å². The topological polar surface area (TPSA) is 69.6 Å². The number of amides is 2. The van der Waals surface area contributed by atoms with Crippen LogP contribution in [-0.4, -0.2) is 51.6 Å². The summed E-state index contributed by atoms with van der Waals surface area (Å²) in [5, 5.41) is 12.5. The molecule has 0 aromatic rings. The normalized spacial score (nSPS) is 27.8. The summed E-state index contributed by atoms with van der Waals surface area (Å²) >= 11 is 1.83. The lowest BCUT2D eigenvalue weighted by molar-refractivity contribution is -0.148. The van der Waals surface area contributed by atoms with Gasteiger partial charge in [0.15, 0.2) is 0 Å². The molecule has 1 aliphatic heterocycles. The highest BCUT2D eigenvalue weighted by molar-refractivity contribution is 8.00. The van der Waals surface area contributed by atoms with Gasteiger partial charge in [0.2, 0.25) is 0 Å². The minimum absolute atomic E-state index is 0.146. The van der Waals surface area contributed by atoms with E-state index in [1.165, 1.54) is 17.7 Å². The third-order valence-electron chi connectivity index (χ3n) is 5.23. The minimum Gasteiger partial charge on any atom is -0.479 e. The fraction of sp³-hybridized carbons (Fsp3) is 0.867. The molecule has 0 spiro atoms. The van der Waals surface area contributed by atoms with Crippen molar-refractivity contribution < 1.29 is 14.7 Å². The standard InChI is InChI=1S/C15H26N2O3S/c1-3-15(12(18)19)9-6-10-17(15)13(20)16-11-14(21-2)7-4-5-8-14/h3-11H2,1-2H3,(H,16,20)(H,18,19). The first-order valence-corrected chi connectivity index (χ1v) is 9.06. The van der Waals surface area contributed by atoms with E-state index in [2.05, 4.69) is 11.6 Å². The summed E-state index contributed by atoms with van der Waals surface area (Å²) in [6, 6.07) is -0.211. The van der Waals surface area contributed by atoms with Crippen LogP contribution in [0, 0.1) is 0 Å². The third-order valence-corrected chi connectivity index (χ3v) is 6.65. The van der Waals surface area contributed by atoms with E-state index in [-0.39, 0.29) is 10.8 Å². The summed E-state index contributed by atoms with van der Waals surface area (Å²) in [6.45, 7) is 3.03. The second kappa shape index (κ2) is 6.46. The molecule has 2 rings (SSSR count). The van der Waals surface area contributed by atoms with Gasteiger partial charge in [0.05, 0.1) is 0 Å². The molecule has 2 N–H and O–H groups in total. The van der Waals surface area contributed by atoms with Crippen molar-refractivity contribution >= 4 is 23.8 Å². The van der Waals surface area contributed by atoms with Crippen LogP contribution in [0.2, 0.25) is 0 Å². The molecule has 120 valence electrons. The van der Waals surface area contributed by atoms with Gasteiger partial charge in [-0.15, -0.1) is 0 Å². The van der Waals surface area contributed by atoms with E-state index in [1.54, 1.807) is 0 Å². The second-order valence-electron chi connectivity index (χ2n) is 6.20. The Bertz CT molecular complexity index is 410. The first kappa shape index (κ1) is 16.5. The predicted octanol–water partition coefficient (Wildman–Crippen LogP) is 2.70. The maximum absolute atomic E-state index is 12.5. The van der Waals surface area contributed by atoms with Crippen LogP contribution in [0.4, 0.5) is 4.79 Å². The number of nitrogens with zero attached hydrogens (tertiary/aromatic N) is 1. The van der Waals surface area contributed by atoms with E-state index < -0.39 is 11.5 Å². The SMILES string of the molecule is CCC1(C(=O)O)CCCN1C(=O)NCC1(SC)CCCC1. The van der Waals surface area contributed by atoms with Crippen LogP contribution in [0.25, 0.3) is 0 Å². The molecule has 0 radical (unpaired) electrons. The van der Waals surface area contributed by atoms with Gasteiger partial charge in [-0.05, 0) is 38.4 Å². The van der Waals surface area contributed by atoms with Crippen LogP contribution in [-0.2, 0) is 4.79 Å². The molecule has 0 aromatic heterocycles. The van der Waals surface area contributed by atoms with Crippen molar-refractivity contribution in [3.05, 3.63) is 0 Å². The number of aliphatic carboxylic acids is 1. The maximum Gasteiger partial charge on any atom is 0.329 e. The number of carbonyl (C=O) groups excluding carboxylic acids is 1. The molecule has 1 heterocycles. The van der Waals surface area contributed by atoms with Crippen molar-refractivity contribution in [2.75, 3.05) is 19.3 Å². The van der Waals surface area contributed by atoms with Crippen LogP contribution < -0.4 is 5.32 Å². The van der Waals surface area contributed by atoms with E-state index in [0.29, 0.717) is 25.9 Å². The van der Waals surface area contributed by atoms with Gasteiger partial charge in [-0.2, -0.15) is 11.8 Å². The van der Waals surface area contributed by atoms with E-state index in [4.69, 9.17) is 0 Å². The molecule has 5 nitrogen and oxygen atoms in total. The first-order valence-electron chi connectivity index (χ1n) is 7.84. The van der Waals surface area contributed by atoms with Crippen molar-refractivity contribution in [3.8, 4) is 0 Å². The number of carboxylic acid groups (broad SMARTS) is 1. The Morgan fingerprint density at radius 2 is 1.90 bits per heavy atom. The van der Waals surface area contributed by atoms with E-state index in [1.807, 2.05) is 18.7 Å². The minimum atomic E-state index is -1.01. The van der Waals surface area contributed by atoms with Gasteiger partial charge in [-0.25, -0.2) is 9.59 Å². The molecular weight excluding hydrogens is 288 g/mol. The van der Waals surface area contributed by atoms with Crippen molar-refractivity contribution in [2.45, 2.75) is 62.2 Å².